The lowest BCUT2D eigenvalue weighted by molar-refractivity contribution is 0.0693. The fraction of sp³-hybridized carbons (Fsp3) is 0.128. The second-order valence-corrected chi connectivity index (χ2v) is 12.6. The van der Waals surface area contributed by atoms with Gasteiger partial charge in [0.25, 0.3) is 11.1 Å². The molecule has 0 fully saturated rings. The molecule has 304 valence electrons. The van der Waals surface area contributed by atoms with Crippen LogP contribution in [-0.4, -0.2) is 70.3 Å². The van der Waals surface area contributed by atoms with Crippen molar-refractivity contribution in [3.63, 3.8) is 0 Å². The van der Waals surface area contributed by atoms with Crippen LogP contribution in [-0.2, 0) is 26.1 Å². The number of halogens is 4. The van der Waals surface area contributed by atoms with Crippen LogP contribution in [0, 0.1) is 23.3 Å². The van der Waals surface area contributed by atoms with E-state index in [-0.39, 0.29) is 25.1 Å². The van der Waals surface area contributed by atoms with Crippen molar-refractivity contribution in [2.45, 2.75) is 32.5 Å². The maximum absolute atomic E-state index is 13.4. The Morgan fingerprint density at radius 3 is 1.53 bits per heavy atom. The van der Waals surface area contributed by atoms with Crippen LogP contribution in [0.4, 0.5) is 17.6 Å². The van der Waals surface area contributed by atoms with Crippen molar-refractivity contribution in [3.8, 4) is 0 Å². The Morgan fingerprint density at radius 2 is 1.07 bits per heavy atom. The molecule has 2 aromatic heterocycles. The second-order valence-electron chi connectivity index (χ2n) is 12.6. The van der Waals surface area contributed by atoms with Crippen LogP contribution >= 0.6 is 0 Å². The number of carboxylic acids is 1. The molecule has 14 nitrogen and oxygen atoms in total. The van der Waals surface area contributed by atoms with Gasteiger partial charge in [-0.15, -0.1) is 0 Å². The Balaban J connectivity index is 0.000000219. The topological polar surface area (TPSA) is 231 Å². The minimum absolute atomic E-state index is 0.0249. The molecule has 4 aromatic carbocycles. The third kappa shape index (κ3) is 13.0. The van der Waals surface area contributed by atoms with Crippen molar-refractivity contribution in [1.29, 1.82) is 0 Å². The number of aromatic nitrogens is 4. The van der Waals surface area contributed by atoms with Gasteiger partial charge in [-0.1, -0.05) is 60.7 Å². The molecule has 0 aliphatic carbocycles. The average molecular weight is 815 g/mol. The van der Waals surface area contributed by atoms with Crippen LogP contribution in [0.25, 0.3) is 0 Å². The van der Waals surface area contributed by atoms with Gasteiger partial charge in [0.1, 0.15) is 11.1 Å². The maximum atomic E-state index is 13.4. The van der Waals surface area contributed by atoms with E-state index < -0.39 is 65.9 Å². The summed E-state index contributed by atoms with van der Waals surface area (Å²) in [4.78, 5) is 55.1. The van der Waals surface area contributed by atoms with E-state index in [9.17, 15) is 46.8 Å². The standard InChI is InChI=1S/C20H17BF2N2O4.C12H8F2N2O3.C7H10BNO2/c22-17-6-4-14(9-18(17)23)11-25-12-24-10-16(20(25)27)19(26)7-5-13-2-1-3-15(8-13)21(28)29;13-9-2-1-7(3-10(9)14)5-16-6-15-4-8(11(16)17)12(18)19;9-5-6-2-1-3-7(4-6)8(10)11/h1-4,6,8-10,12,28-29H,5,7,11H2;1-4,6H,5H2,(H,18,19);1-4,10-11H,5,9H2. The molecule has 0 radical (unpaired) electrons. The zero-order chi connectivity index (χ0) is 43.2. The van der Waals surface area contributed by atoms with Crippen molar-refractivity contribution in [2.75, 3.05) is 0 Å². The molecule has 0 saturated carbocycles. The van der Waals surface area contributed by atoms with Gasteiger partial charge in [-0.2, -0.15) is 0 Å². The lowest BCUT2D eigenvalue weighted by Gasteiger charge is -2.08. The molecule has 7 N–H and O–H groups in total. The smallest absolute Gasteiger partial charge is 0.477 e. The fourth-order valence-electron chi connectivity index (χ4n) is 5.32. The molecule has 20 heteroatoms. The zero-order valence-electron chi connectivity index (χ0n) is 30.8. The van der Waals surface area contributed by atoms with E-state index in [1.807, 2.05) is 6.07 Å². The van der Waals surface area contributed by atoms with Crippen molar-refractivity contribution in [3.05, 3.63) is 187 Å². The highest BCUT2D eigenvalue weighted by Gasteiger charge is 2.16. The van der Waals surface area contributed by atoms with Gasteiger partial charge in [-0.05, 0) is 63.9 Å². The first kappa shape index (κ1) is 45.1. The Labute approximate surface area is 333 Å². The predicted octanol–water partition coefficient (Wildman–Crippen LogP) is 1.16. The van der Waals surface area contributed by atoms with E-state index in [2.05, 4.69) is 9.97 Å². The maximum Gasteiger partial charge on any atom is 0.488 e. The molecule has 6 rings (SSSR count). The number of rotatable bonds is 12. The number of Topliss-reactive ketones (excluding diaryl/α,β-unsaturated/α-hetero) is 1. The summed E-state index contributed by atoms with van der Waals surface area (Å²) in [5.41, 5.74) is 6.53. The minimum Gasteiger partial charge on any atom is -0.477 e. The Hall–Kier alpha value is -6.57. The predicted molar refractivity (Wildman–Crippen MR) is 208 cm³/mol. The molecule has 0 aliphatic heterocycles. The molecule has 6 aromatic rings. The molecule has 0 amide bonds. The van der Waals surface area contributed by atoms with Gasteiger partial charge in [-0.25, -0.2) is 32.3 Å². The van der Waals surface area contributed by atoms with Crippen LogP contribution in [0.3, 0.4) is 0 Å². The number of carbonyl (C=O) groups is 2. The van der Waals surface area contributed by atoms with E-state index in [0.717, 1.165) is 57.1 Å². The lowest BCUT2D eigenvalue weighted by Crippen LogP contribution is -2.30. The highest BCUT2D eigenvalue weighted by Crippen LogP contribution is 2.11. The number of benzene rings is 4. The van der Waals surface area contributed by atoms with Gasteiger partial charge < -0.3 is 30.9 Å². The number of ketones is 1. The Kier molecular flexibility index (Phi) is 16.3. The van der Waals surface area contributed by atoms with Crippen molar-refractivity contribution in [2.24, 2.45) is 5.73 Å². The quantitative estimate of drug-likeness (QED) is 0.0581. The fourth-order valence-corrected chi connectivity index (χ4v) is 5.32. The number of nitrogens with two attached hydrogens (primary N) is 1. The number of hydrogen-bond donors (Lipinski definition) is 6. The largest absolute Gasteiger partial charge is 0.488 e. The van der Waals surface area contributed by atoms with Crippen LogP contribution < -0.4 is 27.8 Å². The van der Waals surface area contributed by atoms with Gasteiger partial charge in [0.2, 0.25) is 0 Å². The molecule has 0 atom stereocenters. The summed E-state index contributed by atoms with van der Waals surface area (Å²) in [6, 6.07) is 19.9. The van der Waals surface area contributed by atoms with Crippen molar-refractivity contribution in [1.82, 2.24) is 19.1 Å². The normalized spacial score (nSPS) is 10.5. The van der Waals surface area contributed by atoms with Crippen molar-refractivity contribution < 1.29 is 52.4 Å². The Bertz CT molecular complexity index is 2540. The molecule has 0 saturated heterocycles. The summed E-state index contributed by atoms with van der Waals surface area (Å²) in [6.45, 7) is 0.269. The molecule has 0 unspecified atom stereocenters. The molecular formula is C39H35B2F4N5O9. The number of hydrogen-bond acceptors (Lipinski definition) is 11. The molecule has 0 spiro atoms. The van der Waals surface area contributed by atoms with E-state index in [1.165, 1.54) is 24.7 Å². The number of carbonyl (C=O) groups excluding carboxylic acids is 1. The SMILES string of the molecule is NCc1cccc(B(O)O)c1.O=C(CCc1cccc(B(O)O)c1)c1cncn(Cc2ccc(F)c(F)c2)c1=O.O=C(O)c1cncn(Cc2ccc(F)c(F)c2)c1=O. The van der Waals surface area contributed by atoms with E-state index in [1.54, 1.807) is 42.5 Å². The first-order valence-electron chi connectivity index (χ1n) is 17.4. The number of nitrogens with zero attached hydrogens (tertiary/aromatic N) is 4. The number of carboxylic acid groups (broad SMARTS) is 1. The minimum atomic E-state index is -1.60. The third-order valence-corrected chi connectivity index (χ3v) is 8.38. The summed E-state index contributed by atoms with van der Waals surface area (Å²) in [7, 11) is -3.01. The monoisotopic (exact) mass is 815 g/mol. The lowest BCUT2D eigenvalue weighted by atomic mass is 9.79. The van der Waals surface area contributed by atoms with Gasteiger partial charge in [-0.3, -0.25) is 23.5 Å². The number of aromatic carboxylic acids is 1. The van der Waals surface area contributed by atoms with Gasteiger partial charge in [0, 0.05) is 25.4 Å². The van der Waals surface area contributed by atoms with Gasteiger partial charge in [0.15, 0.2) is 29.1 Å². The highest BCUT2D eigenvalue weighted by atomic mass is 19.2. The third-order valence-electron chi connectivity index (χ3n) is 8.38. The second kappa shape index (κ2) is 21.3. The summed E-state index contributed by atoms with van der Waals surface area (Å²) >= 11 is 0. The summed E-state index contributed by atoms with van der Waals surface area (Å²) < 4.78 is 54.4. The average Bonchev–Trinajstić information content (AvgIpc) is 3.21. The van der Waals surface area contributed by atoms with Crippen LogP contribution in [0.2, 0.25) is 0 Å². The van der Waals surface area contributed by atoms with Crippen molar-refractivity contribution >= 4 is 36.9 Å². The Morgan fingerprint density at radius 1 is 0.610 bits per heavy atom. The van der Waals surface area contributed by atoms with Crippen LogP contribution in [0.1, 0.15) is 49.4 Å². The highest BCUT2D eigenvalue weighted by molar-refractivity contribution is 6.59. The van der Waals surface area contributed by atoms with Gasteiger partial charge in [0.05, 0.1) is 25.7 Å². The zero-order valence-corrected chi connectivity index (χ0v) is 30.8. The molecule has 59 heavy (non-hydrogen) atoms. The van der Waals surface area contributed by atoms with E-state index in [0.29, 0.717) is 35.0 Å². The van der Waals surface area contributed by atoms with Crippen LogP contribution in [0.5, 0.6) is 0 Å². The molecule has 2 heterocycles. The van der Waals surface area contributed by atoms with Gasteiger partial charge >= 0.3 is 20.2 Å². The molecule has 0 aliphatic rings. The molecular weight excluding hydrogens is 780 g/mol. The van der Waals surface area contributed by atoms with E-state index in [4.69, 9.17) is 20.9 Å². The first-order chi connectivity index (χ1) is 28.1. The van der Waals surface area contributed by atoms with Crippen LogP contribution in [0.15, 0.2) is 120 Å². The van der Waals surface area contributed by atoms with E-state index >= 15 is 0 Å². The summed E-state index contributed by atoms with van der Waals surface area (Å²) in [6.07, 6.45) is 4.81. The summed E-state index contributed by atoms with van der Waals surface area (Å²) in [5.74, 6) is -5.84. The number of aryl methyl sites for hydroxylation is 1. The molecule has 0 bridgehead atoms. The summed E-state index contributed by atoms with van der Waals surface area (Å²) in [5, 5.41) is 44.7. The first-order valence-corrected chi connectivity index (χ1v) is 17.4.